The Balaban J connectivity index is 1.28. The standard InChI is InChI=1S/C25H34N4O2/c1-20(27-15-17-29(18-16-27)23-7-6-8-24(19-23)31-2)25(30)26-21-9-11-22(12-10-21)28-13-4-3-5-14-28/h6-12,19-20H,3-5,13-18H2,1-2H3,(H,26,30)/t20-/m1/s1. The van der Waals surface area contributed by atoms with Gasteiger partial charge in [0.05, 0.1) is 13.2 Å². The number of rotatable bonds is 6. The molecular weight excluding hydrogens is 388 g/mol. The predicted octanol–water partition coefficient (Wildman–Crippen LogP) is 3.83. The van der Waals surface area contributed by atoms with Crippen molar-refractivity contribution in [2.45, 2.75) is 32.2 Å². The number of anilines is 3. The number of amides is 1. The highest BCUT2D eigenvalue weighted by molar-refractivity contribution is 5.94. The van der Waals surface area contributed by atoms with Gasteiger partial charge in [-0.25, -0.2) is 0 Å². The Bertz CT molecular complexity index is 856. The number of hydrogen-bond donors (Lipinski definition) is 1. The van der Waals surface area contributed by atoms with Crippen LogP contribution in [0, 0.1) is 0 Å². The molecule has 2 aliphatic rings. The fourth-order valence-corrected chi connectivity index (χ4v) is 4.49. The number of benzene rings is 2. The number of methoxy groups -OCH3 is 1. The van der Waals surface area contributed by atoms with Gasteiger partial charge in [0.1, 0.15) is 5.75 Å². The van der Waals surface area contributed by atoms with Crippen molar-refractivity contribution in [3.05, 3.63) is 48.5 Å². The van der Waals surface area contributed by atoms with Gasteiger partial charge in [0.2, 0.25) is 5.91 Å². The first-order valence-corrected chi connectivity index (χ1v) is 11.4. The average Bonchev–Trinajstić information content (AvgIpc) is 2.84. The van der Waals surface area contributed by atoms with Crippen molar-refractivity contribution in [1.29, 1.82) is 0 Å². The SMILES string of the molecule is COc1cccc(N2CCN([C@H](C)C(=O)Nc3ccc(N4CCCCC4)cc3)CC2)c1. The number of piperidine rings is 1. The van der Waals surface area contributed by atoms with Crippen LogP contribution in [0.4, 0.5) is 17.1 Å². The Morgan fingerprint density at radius 2 is 1.55 bits per heavy atom. The number of nitrogens with one attached hydrogen (secondary N) is 1. The van der Waals surface area contributed by atoms with Gasteiger partial charge in [-0.3, -0.25) is 9.69 Å². The third-order valence-electron chi connectivity index (χ3n) is 6.52. The van der Waals surface area contributed by atoms with Crippen LogP contribution in [0.3, 0.4) is 0 Å². The maximum atomic E-state index is 12.8. The molecule has 0 aromatic heterocycles. The van der Waals surface area contributed by atoms with Crippen LogP contribution in [0.5, 0.6) is 5.75 Å². The lowest BCUT2D eigenvalue weighted by Crippen LogP contribution is -2.52. The molecule has 2 heterocycles. The second-order valence-corrected chi connectivity index (χ2v) is 8.48. The first kappa shape index (κ1) is 21.5. The number of piperazine rings is 1. The van der Waals surface area contributed by atoms with Crippen molar-refractivity contribution in [3.63, 3.8) is 0 Å². The van der Waals surface area contributed by atoms with Gasteiger partial charge in [0.15, 0.2) is 0 Å². The summed E-state index contributed by atoms with van der Waals surface area (Å²) >= 11 is 0. The second-order valence-electron chi connectivity index (χ2n) is 8.48. The van der Waals surface area contributed by atoms with Crippen LogP contribution in [0.25, 0.3) is 0 Å². The van der Waals surface area contributed by atoms with Crippen LogP contribution in [0.2, 0.25) is 0 Å². The van der Waals surface area contributed by atoms with Crippen molar-refractivity contribution in [2.75, 3.05) is 61.5 Å². The zero-order chi connectivity index (χ0) is 21.6. The Hall–Kier alpha value is -2.73. The molecule has 6 heteroatoms. The van der Waals surface area contributed by atoms with E-state index < -0.39 is 0 Å². The number of carbonyl (C=O) groups is 1. The maximum absolute atomic E-state index is 12.8. The van der Waals surface area contributed by atoms with Gasteiger partial charge >= 0.3 is 0 Å². The fourth-order valence-electron chi connectivity index (χ4n) is 4.49. The molecule has 2 fully saturated rings. The van der Waals surface area contributed by atoms with Crippen LogP contribution < -0.4 is 19.9 Å². The molecule has 1 atom stereocenters. The van der Waals surface area contributed by atoms with E-state index in [1.54, 1.807) is 7.11 Å². The molecule has 2 aromatic rings. The van der Waals surface area contributed by atoms with Crippen LogP contribution in [-0.4, -0.2) is 63.2 Å². The minimum absolute atomic E-state index is 0.0561. The number of nitrogens with zero attached hydrogens (tertiary/aromatic N) is 3. The molecule has 31 heavy (non-hydrogen) atoms. The van der Waals surface area contributed by atoms with Crippen LogP contribution in [0.15, 0.2) is 48.5 Å². The van der Waals surface area contributed by atoms with Gasteiger partial charge in [-0.05, 0) is 62.6 Å². The van der Waals surface area contributed by atoms with E-state index in [-0.39, 0.29) is 11.9 Å². The van der Waals surface area contributed by atoms with Gasteiger partial charge < -0.3 is 19.9 Å². The van der Waals surface area contributed by atoms with Crippen LogP contribution >= 0.6 is 0 Å². The average molecular weight is 423 g/mol. The monoisotopic (exact) mass is 422 g/mol. The van der Waals surface area contributed by atoms with E-state index in [9.17, 15) is 4.79 Å². The van der Waals surface area contributed by atoms with E-state index in [1.807, 2.05) is 31.2 Å². The highest BCUT2D eigenvalue weighted by Crippen LogP contribution is 2.24. The molecule has 2 saturated heterocycles. The lowest BCUT2D eigenvalue weighted by Gasteiger charge is -2.38. The Kier molecular flexibility index (Phi) is 6.97. The molecule has 166 valence electrons. The molecule has 1 amide bonds. The smallest absolute Gasteiger partial charge is 0.241 e. The van der Waals surface area contributed by atoms with Crippen molar-refractivity contribution >= 4 is 23.0 Å². The highest BCUT2D eigenvalue weighted by atomic mass is 16.5. The quantitative estimate of drug-likeness (QED) is 0.767. The summed E-state index contributed by atoms with van der Waals surface area (Å²) in [6.45, 7) is 7.78. The minimum atomic E-state index is -0.158. The van der Waals surface area contributed by atoms with Crippen molar-refractivity contribution in [2.24, 2.45) is 0 Å². The topological polar surface area (TPSA) is 48.1 Å². The third kappa shape index (κ3) is 5.31. The van der Waals surface area contributed by atoms with Crippen molar-refractivity contribution < 1.29 is 9.53 Å². The van der Waals surface area contributed by atoms with Crippen molar-refractivity contribution in [1.82, 2.24) is 4.90 Å². The van der Waals surface area contributed by atoms with Crippen LogP contribution in [-0.2, 0) is 4.79 Å². The first-order valence-electron chi connectivity index (χ1n) is 11.4. The van der Waals surface area contributed by atoms with Gasteiger partial charge in [0.25, 0.3) is 0 Å². The zero-order valence-electron chi connectivity index (χ0n) is 18.7. The lowest BCUT2D eigenvalue weighted by atomic mass is 10.1. The molecule has 0 saturated carbocycles. The zero-order valence-corrected chi connectivity index (χ0v) is 18.7. The summed E-state index contributed by atoms with van der Waals surface area (Å²) in [5.41, 5.74) is 3.29. The van der Waals surface area contributed by atoms with Gasteiger partial charge in [-0.2, -0.15) is 0 Å². The second kappa shape index (κ2) is 10.1. The van der Waals surface area contributed by atoms with Gasteiger partial charge in [0, 0.05) is 62.4 Å². The minimum Gasteiger partial charge on any atom is -0.497 e. The van der Waals surface area contributed by atoms with Gasteiger partial charge in [-0.1, -0.05) is 6.07 Å². The molecule has 0 bridgehead atoms. The third-order valence-corrected chi connectivity index (χ3v) is 6.52. The molecule has 0 aliphatic carbocycles. The van der Waals surface area contributed by atoms with Crippen molar-refractivity contribution in [3.8, 4) is 5.75 Å². The highest BCUT2D eigenvalue weighted by Gasteiger charge is 2.26. The van der Waals surface area contributed by atoms with E-state index in [0.29, 0.717) is 0 Å². The normalized spacial score (nSPS) is 18.5. The summed E-state index contributed by atoms with van der Waals surface area (Å²) in [5, 5.41) is 3.10. The molecule has 0 spiro atoms. The Morgan fingerprint density at radius 1 is 0.871 bits per heavy atom. The summed E-state index contributed by atoms with van der Waals surface area (Å²) < 4.78 is 5.34. The Labute approximate surface area is 185 Å². The molecule has 1 N–H and O–H groups in total. The molecule has 2 aromatic carbocycles. The molecule has 0 radical (unpaired) electrons. The lowest BCUT2D eigenvalue weighted by molar-refractivity contribution is -0.120. The predicted molar refractivity (Wildman–Crippen MR) is 127 cm³/mol. The number of hydrogen-bond acceptors (Lipinski definition) is 5. The molecule has 0 unspecified atom stereocenters. The summed E-state index contributed by atoms with van der Waals surface area (Å²) in [5.74, 6) is 0.930. The molecule has 6 nitrogen and oxygen atoms in total. The Morgan fingerprint density at radius 3 is 2.23 bits per heavy atom. The van der Waals surface area contributed by atoms with Crippen LogP contribution in [0.1, 0.15) is 26.2 Å². The van der Waals surface area contributed by atoms with E-state index in [2.05, 4.69) is 44.3 Å². The number of carbonyl (C=O) groups excluding carboxylic acids is 1. The van der Waals surface area contributed by atoms with Gasteiger partial charge in [-0.15, -0.1) is 0 Å². The number of ether oxygens (including phenoxy) is 1. The van der Waals surface area contributed by atoms with E-state index in [4.69, 9.17) is 4.74 Å². The maximum Gasteiger partial charge on any atom is 0.241 e. The van der Waals surface area contributed by atoms with E-state index in [1.165, 1.54) is 30.6 Å². The summed E-state index contributed by atoms with van der Waals surface area (Å²) in [6, 6.07) is 16.3. The van der Waals surface area contributed by atoms with E-state index in [0.717, 1.165) is 50.7 Å². The largest absolute Gasteiger partial charge is 0.497 e. The van der Waals surface area contributed by atoms with E-state index >= 15 is 0 Å². The molecular formula is C25H34N4O2. The fraction of sp³-hybridized carbons (Fsp3) is 0.480. The summed E-state index contributed by atoms with van der Waals surface area (Å²) in [4.78, 5) is 19.9. The molecule has 2 aliphatic heterocycles. The summed E-state index contributed by atoms with van der Waals surface area (Å²) in [6.07, 6.45) is 3.86. The summed E-state index contributed by atoms with van der Waals surface area (Å²) in [7, 11) is 1.69. The first-order chi connectivity index (χ1) is 15.1. The molecule has 4 rings (SSSR count).